The minimum Gasteiger partial charge on any atom is -0.457 e. The lowest BCUT2D eigenvalue weighted by Crippen LogP contribution is -2.28. The standard InChI is InChI=1S/C46H34O3/c1-31-11-15-33(16-12-31)45(47)34-17-25-38(26-18-34)49-40-29-21-36(22-30-40)46(43-9-5-3-7-41(43)42-8-4-6-10-44(42)46)35-19-27-39(28-20-35)48-37-23-13-32(2)14-24-37/h3-30H,1-2H3. The van der Waals surface area contributed by atoms with E-state index in [1.807, 2.05) is 79.7 Å². The predicted molar refractivity (Wildman–Crippen MR) is 196 cm³/mol. The molecule has 0 unspecified atom stereocenters. The minimum atomic E-state index is -0.536. The molecule has 0 heterocycles. The van der Waals surface area contributed by atoms with E-state index in [1.54, 1.807) is 0 Å². The molecule has 0 saturated carbocycles. The van der Waals surface area contributed by atoms with E-state index >= 15 is 0 Å². The molecule has 7 aromatic carbocycles. The van der Waals surface area contributed by atoms with E-state index in [0.717, 1.165) is 33.9 Å². The van der Waals surface area contributed by atoms with Crippen LogP contribution in [0.2, 0.25) is 0 Å². The summed E-state index contributed by atoms with van der Waals surface area (Å²) in [5, 5.41) is 0. The summed E-state index contributed by atoms with van der Waals surface area (Å²) in [6.07, 6.45) is 0. The molecule has 8 rings (SSSR count). The molecule has 0 fully saturated rings. The van der Waals surface area contributed by atoms with Crippen LogP contribution >= 0.6 is 0 Å². The van der Waals surface area contributed by atoms with Crippen LogP contribution in [-0.2, 0) is 5.41 Å². The van der Waals surface area contributed by atoms with Crippen LogP contribution in [0.5, 0.6) is 23.0 Å². The molecule has 1 aliphatic carbocycles. The highest BCUT2D eigenvalue weighted by Gasteiger charge is 2.45. The van der Waals surface area contributed by atoms with Gasteiger partial charge in [-0.3, -0.25) is 4.79 Å². The second-order valence-electron chi connectivity index (χ2n) is 12.6. The fourth-order valence-electron chi connectivity index (χ4n) is 6.99. The summed E-state index contributed by atoms with van der Waals surface area (Å²) in [4.78, 5) is 13.0. The van der Waals surface area contributed by atoms with Gasteiger partial charge >= 0.3 is 0 Å². The van der Waals surface area contributed by atoms with Crippen LogP contribution in [0.4, 0.5) is 0 Å². The van der Waals surface area contributed by atoms with Crippen molar-refractivity contribution in [3.05, 3.63) is 214 Å². The summed E-state index contributed by atoms with van der Waals surface area (Å²) < 4.78 is 12.5. The Labute approximate surface area is 287 Å². The number of carbonyl (C=O) groups is 1. The van der Waals surface area contributed by atoms with Crippen LogP contribution in [0, 0.1) is 13.8 Å². The lowest BCUT2D eigenvalue weighted by molar-refractivity contribution is 0.103. The minimum absolute atomic E-state index is 0.00642. The molecular formula is C46H34O3. The van der Waals surface area contributed by atoms with Gasteiger partial charge in [0.1, 0.15) is 23.0 Å². The summed E-state index contributed by atoms with van der Waals surface area (Å²) in [7, 11) is 0. The number of ether oxygens (including phenoxy) is 2. The first-order valence-corrected chi connectivity index (χ1v) is 16.5. The first-order valence-electron chi connectivity index (χ1n) is 16.5. The first-order chi connectivity index (χ1) is 24.0. The summed E-state index contributed by atoms with van der Waals surface area (Å²) in [6.45, 7) is 4.08. The molecule has 3 heteroatoms. The van der Waals surface area contributed by atoms with Crippen molar-refractivity contribution >= 4 is 5.78 Å². The van der Waals surface area contributed by atoms with Gasteiger partial charge in [-0.05, 0) is 108 Å². The average Bonchev–Trinajstić information content (AvgIpc) is 3.45. The molecule has 3 nitrogen and oxygen atoms in total. The van der Waals surface area contributed by atoms with Gasteiger partial charge in [0.15, 0.2) is 5.78 Å². The molecule has 0 bridgehead atoms. The number of carbonyl (C=O) groups excluding carboxylic acids is 1. The molecule has 236 valence electrons. The zero-order valence-corrected chi connectivity index (χ0v) is 27.4. The number of aryl methyl sites for hydroxylation is 2. The summed E-state index contributed by atoms with van der Waals surface area (Å²) in [5.41, 5.74) is 10.3. The molecule has 49 heavy (non-hydrogen) atoms. The number of ketones is 1. The molecule has 0 radical (unpaired) electrons. The van der Waals surface area contributed by atoms with Gasteiger partial charge in [0.05, 0.1) is 5.41 Å². The topological polar surface area (TPSA) is 35.5 Å². The van der Waals surface area contributed by atoms with Crippen molar-refractivity contribution in [2.24, 2.45) is 0 Å². The summed E-state index contributed by atoms with van der Waals surface area (Å²) in [6, 6.07) is 57.4. The number of benzene rings is 7. The molecule has 0 spiro atoms. The van der Waals surface area contributed by atoms with E-state index in [9.17, 15) is 4.79 Å². The van der Waals surface area contributed by atoms with Crippen LogP contribution < -0.4 is 9.47 Å². The molecule has 0 N–H and O–H groups in total. The molecule has 0 saturated heterocycles. The third-order valence-electron chi connectivity index (χ3n) is 9.45. The van der Waals surface area contributed by atoms with Crippen molar-refractivity contribution in [3.8, 4) is 34.1 Å². The number of fused-ring (bicyclic) bond motifs is 3. The average molecular weight is 635 g/mol. The highest BCUT2D eigenvalue weighted by Crippen LogP contribution is 2.56. The van der Waals surface area contributed by atoms with Gasteiger partial charge in [-0.25, -0.2) is 0 Å². The Balaban J connectivity index is 1.13. The maximum Gasteiger partial charge on any atom is 0.193 e. The SMILES string of the molecule is Cc1ccc(Oc2ccc(C3(c4ccc(Oc5ccc(C(=O)c6ccc(C)cc6)cc5)cc4)c4ccccc4-c4ccccc43)cc2)cc1. The highest BCUT2D eigenvalue weighted by molar-refractivity contribution is 6.09. The molecule has 0 aliphatic heterocycles. The second-order valence-corrected chi connectivity index (χ2v) is 12.6. The summed E-state index contributed by atoms with van der Waals surface area (Å²) in [5.74, 6) is 2.99. The number of hydrogen-bond donors (Lipinski definition) is 0. The third-order valence-corrected chi connectivity index (χ3v) is 9.45. The van der Waals surface area contributed by atoms with Crippen molar-refractivity contribution in [2.75, 3.05) is 0 Å². The van der Waals surface area contributed by atoms with E-state index in [0.29, 0.717) is 16.9 Å². The largest absolute Gasteiger partial charge is 0.457 e. The van der Waals surface area contributed by atoms with E-state index in [2.05, 4.69) is 104 Å². The van der Waals surface area contributed by atoms with Crippen molar-refractivity contribution in [1.82, 2.24) is 0 Å². The Morgan fingerprint density at radius 1 is 0.408 bits per heavy atom. The molecule has 0 amide bonds. The van der Waals surface area contributed by atoms with Gasteiger partial charge in [-0.1, -0.05) is 120 Å². The zero-order chi connectivity index (χ0) is 33.4. The number of rotatable bonds is 8. The van der Waals surface area contributed by atoms with Gasteiger partial charge in [0, 0.05) is 11.1 Å². The van der Waals surface area contributed by atoms with Gasteiger partial charge in [0.2, 0.25) is 0 Å². The van der Waals surface area contributed by atoms with Crippen molar-refractivity contribution in [2.45, 2.75) is 19.3 Å². The quantitative estimate of drug-likeness (QED) is 0.156. The maximum atomic E-state index is 13.0. The van der Waals surface area contributed by atoms with Crippen LogP contribution in [-0.4, -0.2) is 5.78 Å². The Kier molecular flexibility index (Phi) is 7.66. The van der Waals surface area contributed by atoms with Crippen molar-refractivity contribution in [3.63, 3.8) is 0 Å². The molecule has 0 aromatic heterocycles. The molecule has 0 atom stereocenters. The van der Waals surface area contributed by atoms with E-state index < -0.39 is 5.41 Å². The fraction of sp³-hybridized carbons (Fsp3) is 0.0652. The van der Waals surface area contributed by atoms with Crippen molar-refractivity contribution < 1.29 is 14.3 Å². The zero-order valence-electron chi connectivity index (χ0n) is 27.4. The summed E-state index contributed by atoms with van der Waals surface area (Å²) >= 11 is 0. The fourth-order valence-corrected chi connectivity index (χ4v) is 6.99. The van der Waals surface area contributed by atoms with Crippen molar-refractivity contribution in [1.29, 1.82) is 0 Å². The first kappa shape index (κ1) is 30.2. The third kappa shape index (κ3) is 5.50. The normalized spacial score (nSPS) is 12.5. The van der Waals surface area contributed by atoms with Crippen LogP contribution in [0.1, 0.15) is 49.3 Å². The van der Waals surface area contributed by atoms with E-state index in [1.165, 1.54) is 27.8 Å². The van der Waals surface area contributed by atoms with Crippen LogP contribution in [0.3, 0.4) is 0 Å². The van der Waals surface area contributed by atoms with Gasteiger partial charge in [0.25, 0.3) is 0 Å². The lowest BCUT2D eigenvalue weighted by Gasteiger charge is -2.34. The molecule has 1 aliphatic rings. The number of hydrogen-bond acceptors (Lipinski definition) is 3. The molecular weight excluding hydrogens is 601 g/mol. The Hall–Kier alpha value is -6.19. The monoisotopic (exact) mass is 634 g/mol. The maximum absolute atomic E-state index is 13.0. The van der Waals surface area contributed by atoms with E-state index in [4.69, 9.17) is 9.47 Å². The Morgan fingerprint density at radius 2 is 0.735 bits per heavy atom. The van der Waals surface area contributed by atoms with Gasteiger partial charge < -0.3 is 9.47 Å². The predicted octanol–water partition coefficient (Wildman–Crippen LogP) is 11.5. The Morgan fingerprint density at radius 3 is 1.16 bits per heavy atom. The van der Waals surface area contributed by atoms with Crippen LogP contribution in [0.15, 0.2) is 170 Å². The smallest absolute Gasteiger partial charge is 0.193 e. The Bertz CT molecular complexity index is 2220. The van der Waals surface area contributed by atoms with Gasteiger partial charge in [-0.2, -0.15) is 0 Å². The van der Waals surface area contributed by atoms with Crippen LogP contribution in [0.25, 0.3) is 11.1 Å². The lowest BCUT2D eigenvalue weighted by atomic mass is 9.68. The van der Waals surface area contributed by atoms with E-state index in [-0.39, 0.29) is 5.78 Å². The molecule has 7 aromatic rings. The highest BCUT2D eigenvalue weighted by atomic mass is 16.5. The van der Waals surface area contributed by atoms with Gasteiger partial charge in [-0.15, -0.1) is 0 Å². The second kappa shape index (κ2) is 12.4.